The largest absolute Gasteiger partial charge is 0.319 e. The molecule has 0 amide bonds. The average molecular weight is 312 g/mol. The minimum Gasteiger partial charge on any atom is -0.319 e. The lowest BCUT2D eigenvalue weighted by Gasteiger charge is -2.47. The number of hydrogen-bond acceptors (Lipinski definition) is 1. The average Bonchev–Trinajstić information content (AvgIpc) is 2.70. The van der Waals surface area contributed by atoms with Gasteiger partial charge in [-0.3, -0.25) is 0 Å². The van der Waals surface area contributed by atoms with Crippen molar-refractivity contribution in [3.05, 3.63) is 18.2 Å². The Hall–Kier alpha value is -0.950. The third kappa shape index (κ3) is 3.63. The Morgan fingerprint density at radius 3 is 1.86 bits per heavy atom. The van der Waals surface area contributed by atoms with Gasteiger partial charge in [0.1, 0.15) is 5.69 Å². The maximum atomic E-state index is 15.7. The molecule has 0 aliphatic carbocycles. The summed E-state index contributed by atoms with van der Waals surface area (Å²) in [4.78, 5) is 4.16. The van der Waals surface area contributed by atoms with E-state index in [1.165, 1.54) is 0 Å². The second-order valence-corrected chi connectivity index (χ2v) is 12.0. The van der Waals surface area contributed by atoms with Crippen molar-refractivity contribution in [2.24, 2.45) is 0 Å². The number of hydrogen-bond donors (Lipinski definition) is 0. The van der Waals surface area contributed by atoms with Crippen molar-refractivity contribution in [1.82, 2.24) is 9.55 Å². The summed E-state index contributed by atoms with van der Waals surface area (Å²) in [5.74, 6) is 3.07. The van der Waals surface area contributed by atoms with Gasteiger partial charge in [0, 0.05) is 15.0 Å². The summed E-state index contributed by atoms with van der Waals surface area (Å²) in [6, 6.07) is 0. The van der Waals surface area contributed by atoms with Crippen molar-refractivity contribution in [2.45, 2.75) is 77.3 Å². The summed E-state index contributed by atoms with van der Waals surface area (Å²) < 4.78 is 16.7. The Kier molecular flexibility index (Phi) is 4.61. The molecule has 0 bridgehead atoms. The van der Waals surface area contributed by atoms with Crippen molar-refractivity contribution in [2.75, 3.05) is 0 Å². The molecule has 0 N–H and O–H groups in total. The van der Waals surface area contributed by atoms with Gasteiger partial charge in [0.25, 0.3) is 0 Å². The summed E-state index contributed by atoms with van der Waals surface area (Å²) in [6.45, 7) is 17.9. The van der Waals surface area contributed by atoms with Crippen LogP contribution < -0.4 is 0 Å². The third-order valence-electron chi connectivity index (χ3n) is 3.37. The van der Waals surface area contributed by atoms with Crippen molar-refractivity contribution in [3.8, 4) is 11.2 Å². The zero-order chi connectivity index (χ0) is 16.7. The van der Waals surface area contributed by atoms with Crippen LogP contribution in [0.25, 0.3) is 0 Å². The van der Waals surface area contributed by atoms with Gasteiger partial charge in [-0.1, -0.05) is 0 Å². The fraction of sp³-hybridized carbons (Fsp3) is 0.706. The zero-order valence-electron chi connectivity index (χ0n) is 14.8. The summed E-state index contributed by atoms with van der Waals surface area (Å²) in [5.41, 5.74) is 0.656. The van der Waals surface area contributed by atoms with E-state index in [-0.39, 0.29) is 5.54 Å². The Morgan fingerprint density at radius 2 is 1.48 bits per heavy atom. The molecule has 0 spiro atoms. The van der Waals surface area contributed by atoms with Gasteiger partial charge in [-0.2, -0.15) is 3.89 Å². The van der Waals surface area contributed by atoms with Crippen molar-refractivity contribution < 1.29 is 3.89 Å². The first-order chi connectivity index (χ1) is 9.20. The van der Waals surface area contributed by atoms with E-state index in [4.69, 9.17) is 0 Å². The van der Waals surface area contributed by atoms with E-state index < -0.39 is 19.9 Å². The van der Waals surface area contributed by atoms with Gasteiger partial charge in [0.15, 0.2) is 0 Å². The van der Waals surface area contributed by atoms with Crippen LogP contribution in [0.15, 0.2) is 12.5 Å². The first-order valence-corrected chi connectivity index (χ1v) is 8.81. The molecule has 1 rings (SSSR count). The number of imidazole rings is 1. The van der Waals surface area contributed by atoms with E-state index in [0.717, 1.165) is 5.69 Å². The molecule has 0 aliphatic rings. The SMILES string of the molecule is CC(C)(C)n1cncc1C#CS(F)(C(C)(C)C)C(C)(C)C. The molecule has 0 saturated heterocycles. The quantitative estimate of drug-likeness (QED) is 0.600. The third-order valence-corrected chi connectivity index (χ3v) is 7.13. The van der Waals surface area contributed by atoms with Crippen molar-refractivity contribution in [3.63, 3.8) is 0 Å². The first kappa shape index (κ1) is 18.1. The van der Waals surface area contributed by atoms with Crippen LogP contribution in [-0.2, 0) is 5.54 Å². The Labute approximate surface area is 131 Å². The van der Waals surface area contributed by atoms with Gasteiger partial charge in [0.2, 0.25) is 0 Å². The lowest BCUT2D eigenvalue weighted by Crippen LogP contribution is -2.34. The summed E-state index contributed by atoms with van der Waals surface area (Å²) in [6.07, 6.45) is 3.47. The monoisotopic (exact) mass is 312 g/mol. The Balaban J connectivity index is 3.36. The van der Waals surface area contributed by atoms with Crippen LogP contribution in [0.1, 0.15) is 68.0 Å². The second-order valence-electron chi connectivity index (χ2n) is 8.31. The molecule has 1 aromatic rings. The van der Waals surface area contributed by atoms with Crippen LogP contribution in [0.3, 0.4) is 0 Å². The van der Waals surface area contributed by atoms with Gasteiger partial charge in [-0.15, -0.1) is 0 Å². The Morgan fingerprint density at radius 1 is 1.00 bits per heavy atom. The number of aromatic nitrogens is 2. The highest BCUT2D eigenvalue weighted by Gasteiger charge is 2.45. The molecular weight excluding hydrogens is 283 g/mol. The van der Waals surface area contributed by atoms with Crippen LogP contribution in [0.2, 0.25) is 0 Å². The van der Waals surface area contributed by atoms with E-state index in [2.05, 4.69) is 36.9 Å². The highest BCUT2D eigenvalue weighted by molar-refractivity contribution is 8.35. The van der Waals surface area contributed by atoms with E-state index in [9.17, 15) is 0 Å². The maximum Gasteiger partial charge on any atom is 0.113 e. The van der Waals surface area contributed by atoms with Crippen molar-refractivity contribution >= 4 is 10.4 Å². The topological polar surface area (TPSA) is 17.8 Å². The fourth-order valence-electron chi connectivity index (χ4n) is 2.27. The van der Waals surface area contributed by atoms with Crippen molar-refractivity contribution in [1.29, 1.82) is 0 Å². The minimum absolute atomic E-state index is 0.113. The van der Waals surface area contributed by atoms with Gasteiger partial charge in [0.05, 0.1) is 12.5 Å². The molecular formula is C17H29FN2S. The highest BCUT2D eigenvalue weighted by atomic mass is 32.3. The molecule has 0 radical (unpaired) electrons. The van der Waals surface area contributed by atoms with Gasteiger partial charge >= 0.3 is 0 Å². The minimum atomic E-state index is -2.61. The molecule has 1 heterocycles. The lowest BCUT2D eigenvalue weighted by molar-refractivity contribution is 0.393. The number of rotatable bonds is 0. The molecule has 0 saturated carbocycles. The van der Waals surface area contributed by atoms with Gasteiger partial charge in [-0.25, -0.2) is 4.98 Å². The van der Waals surface area contributed by atoms with Crippen LogP contribution in [0.5, 0.6) is 0 Å². The standard InChI is InChI=1S/C17H29FN2S/c1-15(2,3)20-13-19-12-14(20)10-11-21(18,16(4,5)6)17(7,8)9/h12-13H,1-9H3. The highest BCUT2D eigenvalue weighted by Crippen LogP contribution is 2.68. The summed E-state index contributed by atoms with van der Waals surface area (Å²) in [7, 11) is -2.61. The van der Waals surface area contributed by atoms with Crippen LogP contribution >= 0.6 is 10.4 Å². The van der Waals surface area contributed by atoms with E-state index in [1.54, 1.807) is 12.5 Å². The molecule has 0 aromatic carbocycles. The lowest BCUT2D eigenvalue weighted by atomic mass is 10.1. The van der Waals surface area contributed by atoms with Gasteiger partial charge < -0.3 is 4.57 Å². The fourth-order valence-corrected chi connectivity index (χ4v) is 4.96. The number of nitrogens with zero attached hydrogens (tertiary/aromatic N) is 2. The van der Waals surface area contributed by atoms with Crippen LogP contribution in [0.4, 0.5) is 3.89 Å². The molecule has 120 valence electrons. The maximum absolute atomic E-state index is 15.7. The molecule has 2 nitrogen and oxygen atoms in total. The normalized spacial score (nSPS) is 14.6. The van der Waals surface area contributed by atoms with Crippen LogP contribution in [0, 0.1) is 11.2 Å². The van der Waals surface area contributed by atoms with E-state index >= 15 is 3.89 Å². The smallest absolute Gasteiger partial charge is 0.113 e. The van der Waals surface area contributed by atoms with Crippen LogP contribution in [-0.4, -0.2) is 19.0 Å². The molecule has 4 heteroatoms. The first-order valence-electron chi connectivity index (χ1n) is 7.28. The molecule has 0 aliphatic heterocycles. The summed E-state index contributed by atoms with van der Waals surface area (Å²) >= 11 is 0. The van der Waals surface area contributed by atoms with E-state index in [1.807, 2.05) is 46.1 Å². The predicted octanol–water partition coefficient (Wildman–Crippen LogP) is 5.23. The molecule has 21 heavy (non-hydrogen) atoms. The second kappa shape index (κ2) is 5.35. The number of halogens is 1. The predicted molar refractivity (Wildman–Crippen MR) is 92.3 cm³/mol. The summed E-state index contributed by atoms with van der Waals surface area (Å²) in [5, 5.41) is 3.00. The van der Waals surface area contributed by atoms with E-state index in [0.29, 0.717) is 0 Å². The Bertz CT molecular complexity index is 543. The molecule has 0 unspecified atom stereocenters. The molecule has 0 atom stereocenters. The zero-order valence-corrected chi connectivity index (χ0v) is 15.7. The molecule has 0 fully saturated rings. The molecule has 1 aromatic heterocycles. The van der Waals surface area contributed by atoms with Gasteiger partial charge in [-0.05, 0) is 83.9 Å².